The molecule has 3 rings (SSSR count). The first-order valence-corrected chi connectivity index (χ1v) is 9.60. The number of pyridine rings is 1. The van der Waals surface area contributed by atoms with Crippen LogP contribution in [0.4, 0.5) is 10.8 Å². The molecule has 2 aromatic heterocycles. The van der Waals surface area contributed by atoms with Crippen molar-refractivity contribution in [1.29, 1.82) is 0 Å². The number of carbonyl (C=O) groups is 2. The lowest BCUT2D eigenvalue weighted by Crippen LogP contribution is -2.48. The average molecular weight is 373 g/mol. The van der Waals surface area contributed by atoms with E-state index >= 15 is 0 Å². The van der Waals surface area contributed by atoms with Crippen molar-refractivity contribution in [3.05, 3.63) is 35.6 Å². The first-order chi connectivity index (χ1) is 12.5. The zero-order valence-electron chi connectivity index (χ0n) is 15.0. The molecule has 2 aromatic rings. The van der Waals surface area contributed by atoms with Crippen molar-refractivity contribution in [2.45, 2.75) is 20.3 Å². The first-order valence-electron chi connectivity index (χ1n) is 8.72. The highest BCUT2D eigenvalue weighted by Crippen LogP contribution is 2.20. The summed E-state index contributed by atoms with van der Waals surface area (Å²) in [6.45, 7) is 6.82. The SMILES string of the molecule is CC(C)CC(=O)Nc1nc(C(=O)N2CCN(c3ccncc3)CC2)cs1. The number of rotatable bonds is 5. The number of piperazine rings is 1. The van der Waals surface area contributed by atoms with Gasteiger partial charge in [0.1, 0.15) is 5.69 Å². The fraction of sp³-hybridized carbons (Fsp3) is 0.444. The summed E-state index contributed by atoms with van der Waals surface area (Å²) in [5.74, 6) is 0.132. The zero-order chi connectivity index (χ0) is 18.5. The van der Waals surface area contributed by atoms with Gasteiger partial charge in [0.25, 0.3) is 5.91 Å². The van der Waals surface area contributed by atoms with Crippen molar-refractivity contribution in [1.82, 2.24) is 14.9 Å². The maximum atomic E-state index is 12.6. The Morgan fingerprint density at radius 2 is 1.88 bits per heavy atom. The topological polar surface area (TPSA) is 78.4 Å². The van der Waals surface area contributed by atoms with Crippen LogP contribution in [0.1, 0.15) is 30.8 Å². The van der Waals surface area contributed by atoms with E-state index in [-0.39, 0.29) is 17.7 Å². The van der Waals surface area contributed by atoms with Crippen molar-refractivity contribution < 1.29 is 9.59 Å². The Labute approximate surface area is 157 Å². The Balaban J connectivity index is 1.55. The van der Waals surface area contributed by atoms with Gasteiger partial charge in [-0.25, -0.2) is 4.98 Å². The smallest absolute Gasteiger partial charge is 0.273 e. The van der Waals surface area contributed by atoms with Crippen LogP contribution in [0.25, 0.3) is 0 Å². The zero-order valence-corrected chi connectivity index (χ0v) is 15.8. The van der Waals surface area contributed by atoms with E-state index in [2.05, 4.69) is 20.2 Å². The van der Waals surface area contributed by atoms with E-state index in [9.17, 15) is 9.59 Å². The van der Waals surface area contributed by atoms with E-state index in [0.29, 0.717) is 30.3 Å². The number of amides is 2. The monoisotopic (exact) mass is 373 g/mol. The first kappa shape index (κ1) is 18.3. The molecule has 0 saturated carbocycles. The summed E-state index contributed by atoms with van der Waals surface area (Å²) in [7, 11) is 0. The predicted octanol–water partition coefficient (Wildman–Crippen LogP) is 2.49. The molecule has 8 heteroatoms. The molecule has 7 nitrogen and oxygen atoms in total. The Hall–Kier alpha value is -2.48. The minimum Gasteiger partial charge on any atom is -0.368 e. The Kier molecular flexibility index (Phi) is 5.82. The second kappa shape index (κ2) is 8.27. The Morgan fingerprint density at radius 3 is 2.54 bits per heavy atom. The molecule has 1 N–H and O–H groups in total. The third-order valence-corrected chi connectivity index (χ3v) is 4.92. The molecule has 0 aliphatic carbocycles. The van der Waals surface area contributed by atoms with Crippen LogP contribution in [0.2, 0.25) is 0 Å². The highest BCUT2D eigenvalue weighted by molar-refractivity contribution is 7.14. The highest BCUT2D eigenvalue weighted by Gasteiger charge is 2.24. The molecule has 2 amide bonds. The van der Waals surface area contributed by atoms with Crippen molar-refractivity contribution in [3.8, 4) is 0 Å². The number of nitrogens with zero attached hydrogens (tertiary/aromatic N) is 4. The van der Waals surface area contributed by atoms with Crippen LogP contribution in [0, 0.1) is 5.92 Å². The summed E-state index contributed by atoms with van der Waals surface area (Å²) >= 11 is 1.29. The summed E-state index contributed by atoms with van der Waals surface area (Å²) in [6, 6.07) is 3.95. The van der Waals surface area contributed by atoms with Gasteiger partial charge in [-0.15, -0.1) is 11.3 Å². The highest BCUT2D eigenvalue weighted by atomic mass is 32.1. The minimum atomic E-state index is -0.0833. The lowest BCUT2D eigenvalue weighted by molar-refractivity contribution is -0.116. The van der Waals surface area contributed by atoms with Gasteiger partial charge >= 0.3 is 0 Å². The van der Waals surface area contributed by atoms with Crippen LogP contribution < -0.4 is 10.2 Å². The van der Waals surface area contributed by atoms with E-state index < -0.39 is 0 Å². The summed E-state index contributed by atoms with van der Waals surface area (Å²) in [4.78, 5) is 36.8. The maximum Gasteiger partial charge on any atom is 0.273 e. The number of carbonyl (C=O) groups excluding carboxylic acids is 2. The summed E-state index contributed by atoms with van der Waals surface area (Å²) < 4.78 is 0. The van der Waals surface area contributed by atoms with Crippen LogP contribution in [0.5, 0.6) is 0 Å². The summed E-state index contributed by atoms with van der Waals surface area (Å²) in [5, 5.41) is 4.96. The van der Waals surface area contributed by atoms with Gasteiger partial charge in [0.05, 0.1) is 0 Å². The molecule has 1 aliphatic heterocycles. The van der Waals surface area contributed by atoms with Gasteiger partial charge in [0, 0.05) is 56.1 Å². The maximum absolute atomic E-state index is 12.6. The van der Waals surface area contributed by atoms with Crippen LogP contribution in [0.15, 0.2) is 29.9 Å². The van der Waals surface area contributed by atoms with Crippen LogP contribution in [0.3, 0.4) is 0 Å². The van der Waals surface area contributed by atoms with E-state index in [1.807, 2.05) is 30.9 Å². The van der Waals surface area contributed by atoms with E-state index in [4.69, 9.17) is 0 Å². The van der Waals surface area contributed by atoms with Crippen molar-refractivity contribution in [2.75, 3.05) is 36.4 Å². The largest absolute Gasteiger partial charge is 0.368 e. The van der Waals surface area contributed by atoms with Gasteiger partial charge in [-0.1, -0.05) is 13.8 Å². The number of thiazole rings is 1. The minimum absolute atomic E-state index is 0.0701. The predicted molar refractivity (Wildman–Crippen MR) is 103 cm³/mol. The van der Waals surface area contributed by atoms with Crippen LogP contribution >= 0.6 is 11.3 Å². The molecule has 0 atom stereocenters. The second-order valence-corrected chi connectivity index (χ2v) is 7.53. The third-order valence-electron chi connectivity index (χ3n) is 4.16. The number of anilines is 2. The van der Waals surface area contributed by atoms with Gasteiger partial charge in [0.15, 0.2) is 5.13 Å². The summed E-state index contributed by atoms with van der Waals surface area (Å²) in [6.07, 6.45) is 3.99. The molecule has 0 unspecified atom stereocenters. The standard InChI is InChI=1S/C18H23N5O2S/c1-13(2)11-16(24)21-18-20-15(12-26-18)17(25)23-9-7-22(8-10-23)14-3-5-19-6-4-14/h3-6,12-13H,7-11H2,1-2H3,(H,20,21,24). The number of hydrogen-bond donors (Lipinski definition) is 1. The Morgan fingerprint density at radius 1 is 1.19 bits per heavy atom. The normalized spacial score (nSPS) is 14.6. The fourth-order valence-electron chi connectivity index (χ4n) is 2.86. The molecule has 3 heterocycles. The molecule has 138 valence electrons. The second-order valence-electron chi connectivity index (χ2n) is 6.67. The van der Waals surface area contributed by atoms with E-state index in [1.165, 1.54) is 11.3 Å². The summed E-state index contributed by atoms with van der Waals surface area (Å²) in [5.41, 5.74) is 1.52. The average Bonchev–Trinajstić information content (AvgIpc) is 3.09. The van der Waals surface area contributed by atoms with Crippen molar-refractivity contribution in [2.24, 2.45) is 5.92 Å². The molecule has 26 heavy (non-hydrogen) atoms. The molecular weight excluding hydrogens is 350 g/mol. The molecule has 1 saturated heterocycles. The molecule has 1 aliphatic rings. The van der Waals surface area contributed by atoms with Gasteiger partial charge in [0.2, 0.25) is 5.91 Å². The molecule has 0 bridgehead atoms. The van der Waals surface area contributed by atoms with Gasteiger partial charge in [-0.05, 0) is 18.1 Å². The van der Waals surface area contributed by atoms with Crippen molar-refractivity contribution in [3.63, 3.8) is 0 Å². The Bertz CT molecular complexity index is 754. The quantitative estimate of drug-likeness (QED) is 0.871. The molecule has 0 spiro atoms. The van der Waals surface area contributed by atoms with Gasteiger partial charge in [-0.2, -0.15) is 0 Å². The molecular formula is C18H23N5O2S. The van der Waals surface area contributed by atoms with E-state index in [0.717, 1.165) is 18.8 Å². The van der Waals surface area contributed by atoms with E-state index in [1.54, 1.807) is 17.8 Å². The number of nitrogens with one attached hydrogen (secondary N) is 1. The number of aromatic nitrogens is 2. The fourth-order valence-corrected chi connectivity index (χ4v) is 3.56. The lowest BCUT2D eigenvalue weighted by Gasteiger charge is -2.35. The molecule has 0 aromatic carbocycles. The molecule has 1 fully saturated rings. The third kappa shape index (κ3) is 4.57. The number of hydrogen-bond acceptors (Lipinski definition) is 6. The van der Waals surface area contributed by atoms with Gasteiger partial charge < -0.3 is 15.1 Å². The van der Waals surface area contributed by atoms with Crippen LogP contribution in [-0.2, 0) is 4.79 Å². The van der Waals surface area contributed by atoms with Crippen LogP contribution in [-0.4, -0.2) is 52.9 Å². The van der Waals surface area contributed by atoms with Crippen molar-refractivity contribution >= 4 is 34.0 Å². The molecule has 0 radical (unpaired) electrons. The lowest BCUT2D eigenvalue weighted by atomic mass is 10.1. The van der Waals surface area contributed by atoms with Gasteiger partial charge in [-0.3, -0.25) is 14.6 Å².